The van der Waals surface area contributed by atoms with Gasteiger partial charge < -0.3 is 9.47 Å². The van der Waals surface area contributed by atoms with Gasteiger partial charge in [-0.15, -0.1) is 11.6 Å². The fourth-order valence-electron chi connectivity index (χ4n) is 3.01. The van der Waals surface area contributed by atoms with Gasteiger partial charge in [0.05, 0.1) is 10.9 Å². The third kappa shape index (κ3) is 2.78. The van der Waals surface area contributed by atoms with E-state index in [-0.39, 0.29) is 0 Å². The summed E-state index contributed by atoms with van der Waals surface area (Å²) in [4.78, 5) is 11.4. The SMILES string of the molecule is CN1CCCC(Cn2c(CCl)nc3cc(Cl)cnc32)C1. The van der Waals surface area contributed by atoms with Gasteiger partial charge in [0.1, 0.15) is 11.3 Å². The molecule has 20 heavy (non-hydrogen) atoms. The molecule has 4 nitrogen and oxygen atoms in total. The minimum absolute atomic E-state index is 0.399. The average Bonchev–Trinajstić information content (AvgIpc) is 2.76. The zero-order chi connectivity index (χ0) is 14.1. The number of rotatable bonds is 3. The lowest BCUT2D eigenvalue weighted by molar-refractivity contribution is 0.194. The van der Waals surface area contributed by atoms with Gasteiger partial charge in [0, 0.05) is 19.3 Å². The summed E-state index contributed by atoms with van der Waals surface area (Å²) in [5.74, 6) is 1.91. The number of alkyl halides is 1. The van der Waals surface area contributed by atoms with Crippen LogP contribution in [0.15, 0.2) is 12.3 Å². The first-order valence-electron chi connectivity index (χ1n) is 6.92. The molecule has 1 atom stereocenters. The van der Waals surface area contributed by atoms with Crippen molar-refractivity contribution in [3.63, 3.8) is 0 Å². The topological polar surface area (TPSA) is 34.0 Å². The van der Waals surface area contributed by atoms with E-state index >= 15 is 0 Å². The smallest absolute Gasteiger partial charge is 0.160 e. The van der Waals surface area contributed by atoms with Crippen molar-refractivity contribution in [1.82, 2.24) is 19.4 Å². The Morgan fingerprint density at radius 1 is 1.45 bits per heavy atom. The van der Waals surface area contributed by atoms with Crippen molar-refractivity contribution >= 4 is 34.4 Å². The molecular formula is C14H18Cl2N4. The molecule has 1 aliphatic rings. The van der Waals surface area contributed by atoms with Gasteiger partial charge in [-0.3, -0.25) is 0 Å². The van der Waals surface area contributed by atoms with Crippen molar-refractivity contribution in [2.75, 3.05) is 20.1 Å². The van der Waals surface area contributed by atoms with Gasteiger partial charge in [0.25, 0.3) is 0 Å². The van der Waals surface area contributed by atoms with E-state index in [0.717, 1.165) is 30.1 Å². The molecule has 1 fully saturated rings. The summed E-state index contributed by atoms with van der Waals surface area (Å²) >= 11 is 12.0. The number of hydrogen-bond acceptors (Lipinski definition) is 3. The predicted molar refractivity (Wildman–Crippen MR) is 82.3 cm³/mol. The number of pyridine rings is 1. The largest absolute Gasteiger partial charge is 0.311 e. The van der Waals surface area contributed by atoms with Crippen LogP contribution in [0.5, 0.6) is 0 Å². The van der Waals surface area contributed by atoms with Crippen LogP contribution in [-0.4, -0.2) is 39.6 Å². The standard InChI is InChI=1S/C14H18Cl2N4/c1-19-4-2-3-10(8-19)9-20-13(6-15)18-12-5-11(16)7-17-14(12)20/h5,7,10H,2-4,6,8-9H2,1H3. The number of hydrogen-bond donors (Lipinski definition) is 0. The van der Waals surface area contributed by atoms with Crippen LogP contribution in [0.2, 0.25) is 5.02 Å². The number of fused-ring (bicyclic) bond motifs is 1. The van der Waals surface area contributed by atoms with Crippen LogP contribution in [0.1, 0.15) is 18.7 Å². The van der Waals surface area contributed by atoms with Crippen LogP contribution in [0.3, 0.4) is 0 Å². The molecule has 3 rings (SSSR count). The molecular weight excluding hydrogens is 295 g/mol. The highest BCUT2D eigenvalue weighted by Crippen LogP contribution is 2.23. The maximum absolute atomic E-state index is 6.04. The van der Waals surface area contributed by atoms with Crippen LogP contribution >= 0.6 is 23.2 Å². The van der Waals surface area contributed by atoms with E-state index in [1.54, 1.807) is 6.20 Å². The van der Waals surface area contributed by atoms with Crippen molar-refractivity contribution in [1.29, 1.82) is 0 Å². The molecule has 1 unspecified atom stereocenters. The van der Waals surface area contributed by atoms with Crippen LogP contribution in [-0.2, 0) is 12.4 Å². The first-order valence-corrected chi connectivity index (χ1v) is 7.84. The third-order valence-corrected chi connectivity index (χ3v) is 4.36. The third-order valence-electron chi connectivity index (χ3n) is 3.91. The number of imidazole rings is 1. The summed E-state index contributed by atoms with van der Waals surface area (Å²) in [7, 11) is 2.18. The lowest BCUT2D eigenvalue weighted by atomic mass is 9.98. The van der Waals surface area contributed by atoms with Crippen molar-refractivity contribution in [3.8, 4) is 0 Å². The Morgan fingerprint density at radius 2 is 2.30 bits per heavy atom. The summed E-state index contributed by atoms with van der Waals surface area (Å²) in [5, 5.41) is 0.612. The highest BCUT2D eigenvalue weighted by molar-refractivity contribution is 6.31. The van der Waals surface area contributed by atoms with Gasteiger partial charge in [0.15, 0.2) is 5.65 Å². The number of halogens is 2. The number of piperidine rings is 1. The number of nitrogens with zero attached hydrogens (tertiary/aromatic N) is 4. The van der Waals surface area contributed by atoms with E-state index in [4.69, 9.17) is 23.2 Å². The van der Waals surface area contributed by atoms with Gasteiger partial charge in [0.2, 0.25) is 0 Å². The molecule has 2 aromatic heterocycles. The molecule has 0 aromatic carbocycles. The lowest BCUT2D eigenvalue weighted by Crippen LogP contribution is -2.34. The Kier molecular flexibility index (Phi) is 4.15. The van der Waals surface area contributed by atoms with Gasteiger partial charge in [-0.2, -0.15) is 0 Å². The molecule has 1 saturated heterocycles. The second-order valence-electron chi connectivity index (χ2n) is 5.54. The minimum atomic E-state index is 0.399. The van der Waals surface area contributed by atoms with E-state index in [1.165, 1.54) is 19.4 Å². The van der Waals surface area contributed by atoms with Crippen LogP contribution < -0.4 is 0 Å². The highest BCUT2D eigenvalue weighted by Gasteiger charge is 2.20. The molecule has 0 radical (unpaired) electrons. The molecule has 108 valence electrons. The quantitative estimate of drug-likeness (QED) is 0.816. The second kappa shape index (κ2) is 5.88. The van der Waals surface area contributed by atoms with Crippen molar-refractivity contribution < 1.29 is 0 Å². The number of aromatic nitrogens is 3. The lowest BCUT2D eigenvalue weighted by Gasteiger charge is -2.30. The van der Waals surface area contributed by atoms with E-state index in [1.807, 2.05) is 6.07 Å². The van der Waals surface area contributed by atoms with E-state index in [9.17, 15) is 0 Å². The van der Waals surface area contributed by atoms with E-state index < -0.39 is 0 Å². The van der Waals surface area contributed by atoms with Gasteiger partial charge in [-0.05, 0) is 38.4 Å². The van der Waals surface area contributed by atoms with Crippen molar-refractivity contribution in [2.45, 2.75) is 25.3 Å². The normalized spacial score (nSPS) is 20.6. The fraction of sp³-hybridized carbons (Fsp3) is 0.571. The molecule has 6 heteroatoms. The molecule has 0 saturated carbocycles. The molecule has 0 bridgehead atoms. The predicted octanol–water partition coefficient (Wildman–Crippen LogP) is 3.17. The second-order valence-corrected chi connectivity index (χ2v) is 6.24. The molecule has 1 aliphatic heterocycles. The Labute approximate surface area is 128 Å². The Morgan fingerprint density at radius 3 is 3.05 bits per heavy atom. The zero-order valence-corrected chi connectivity index (χ0v) is 13.0. The molecule has 3 heterocycles. The molecule has 0 N–H and O–H groups in total. The molecule has 2 aromatic rings. The maximum atomic E-state index is 6.04. The Hall–Kier alpha value is -0.840. The van der Waals surface area contributed by atoms with Gasteiger partial charge >= 0.3 is 0 Å². The van der Waals surface area contributed by atoms with Gasteiger partial charge in [-0.25, -0.2) is 9.97 Å². The Balaban J connectivity index is 1.93. The van der Waals surface area contributed by atoms with E-state index in [2.05, 4.69) is 26.5 Å². The fourth-order valence-corrected chi connectivity index (χ4v) is 3.36. The highest BCUT2D eigenvalue weighted by atomic mass is 35.5. The van der Waals surface area contributed by atoms with Crippen molar-refractivity contribution in [2.24, 2.45) is 5.92 Å². The first-order chi connectivity index (χ1) is 9.67. The molecule has 0 spiro atoms. The molecule has 0 amide bonds. The van der Waals surface area contributed by atoms with E-state index in [0.29, 0.717) is 16.8 Å². The average molecular weight is 313 g/mol. The Bertz CT molecular complexity index is 610. The zero-order valence-electron chi connectivity index (χ0n) is 11.5. The summed E-state index contributed by atoms with van der Waals surface area (Å²) in [6.45, 7) is 3.24. The first kappa shape index (κ1) is 14.1. The summed E-state index contributed by atoms with van der Waals surface area (Å²) in [6, 6.07) is 1.85. The summed E-state index contributed by atoms with van der Waals surface area (Å²) in [6.07, 6.45) is 4.18. The summed E-state index contributed by atoms with van der Waals surface area (Å²) in [5.41, 5.74) is 1.72. The monoisotopic (exact) mass is 312 g/mol. The van der Waals surface area contributed by atoms with Crippen LogP contribution in [0.25, 0.3) is 11.2 Å². The summed E-state index contributed by atoms with van der Waals surface area (Å²) < 4.78 is 2.16. The minimum Gasteiger partial charge on any atom is -0.311 e. The number of likely N-dealkylation sites (tertiary alicyclic amines) is 1. The maximum Gasteiger partial charge on any atom is 0.160 e. The molecule has 0 aliphatic carbocycles. The van der Waals surface area contributed by atoms with Gasteiger partial charge in [-0.1, -0.05) is 11.6 Å². The van der Waals surface area contributed by atoms with Crippen molar-refractivity contribution in [3.05, 3.63) is 23.1 Å². The van der Waals surface area contributed by atoms with Crippen LogP contribution in [0, 0.1) is 5.92 Å². The van der Waals surface area contributed by atoms with Crippen LogP contribution in [0.4, 0.5) is 0 Å².